The van der Waals surface area contributed by atoms with Crippen molar-refractivity contribution in [3.8, 4) is 0 Å². The zero-order chi connectivity index (χ0) is 12.5. The average Bonchev–Trinajstić information content (AvgIpc) is 2.77. The fourth-order valence-electron chi connectivity index (χ4n) is 2.96. The van der Waals surface area contributed by atoms with Crippen molar-refractivity contribution in [2.24, 2.45) is 0 Å². The first-order valence-electron chi connectivity index (χ1n) is 6.52. The molecule has 2 nitrogen and oxygen atoms in total. The summed E-state index contributed by atoms with van der Waals surface area (Å²) in [5.74, 6) is 1.50. The van der Waals surface area contributed by atoms with Crippen molar-refractivity contribution in [3.05, 3.63) is 28.5 Å². The fraction of sp³-hybridized carbons (Fsp3) is 0.500. The van der Waals surface area contributed by atoms with Crippen LogP contribution in [-0.4, -0.2) is 9.55 Å². The number of benzene rings is 1. The Hall–Kier alpha value is -0.540. The summed E-state index contributed by atoms with van der Waals surface area (Å²) in [5, 5.41) is 0. The first kappa shape index (κ1) is 12.5. The van der Waals surface area contributed by atoms with Gasteiger partial charge >= 0.3 is 0 Å². The Morgan fingerprint density at radius 1 is 1.28 bits per heavy atom. The van der Waals surface area contributed by atoms with Gasteiger partial charge in [-0.05, 0) is 31.0 Å². The molecule has 0 aliphatic heterocycles. The standard InChI is InChI=1S/C14H16BrClN2/c15-10-6-7-13-12(8-10)17-14(9-16)18(13)11-4-2-1-3-5-11/h6-8,11H,1-5,9H2. The van der Waals surface area contributed by atoms with E-state index in [9.17, 15) is 0 Å². The van der Waals surface area contributed by atoms with Crippen molar-refractivity contribution in [1.82, 2.24) is 9.55 Å². The number of rotatable bonds is 2. The molecule has 0 bridgehead atoms. The molecule has 1 aromatic carbocycles. The summed E-state index contributed by atoms with van der Waals surface area (Å²) in [6.07, 6.45) is 6.52. The minimum absolute atomic E-state index is 0.489. The normalized spacial score (nSPS) is 17.4. The van der Waals surface area contributed by atoms with Gasteiger partial charge in [-0.15, -0.1) is 11.6 Å². The van der Waals surface area contributed by atoms with E-state index in [0.29, 0.717) is 11.9 Å². The van der Waals surface area contributed by atoms with E-state index in [-0.39, 0.29) is 0 Å². The molecule has 18 heavy (non-hydrogen) atoms. The lowest BCUT2D eigenvalue weighted by Gasteiger charge is -2.25. The highest BCUT2D eigenvalue weighted by Gasteiger charge is 2.20. The van der Waals surface area contributed by atoms with Crippen LogP contribution in [0.2, 0.25) is 0 Å². The van der Waals surface area contributed by atoms with Gasteiger partial charge < -0.3 is 4.57 Å². The molecule has 1 aliphatic rings. The maximum atomic E-state index is 6.07. The monoisotopic (exact) mass is 326 g/mol. The number of hydrogen-bond acceptors (Lipinski definition) is 1. The van der Waals surface area contributed by atoms with E-state index in [2.05, 4.69) is 43.7 Å². The number of imidazole rings is 1. The van der Waals surface area contributed by atoms with E-state index in [4.69, 9.17) is 11.6 Å². The van der Waals surface area contributed by atoms with Gasteiger partial charge in [0.15, 0.2) is 0 Å². The number of hydrogen-bond donors (Lipinski definition) is 0. The predicted molar refractivity (Wildman–Crippen MR) is 79.1 cm³/mol. The summed E-state index contributed by atoms with van der Waals surface area (Å²) in [5.41, 5.74) is 2.27. The Morgan fingerprint density at radius 3 is 2.78 bits per heavy atom. The molecule has 0 amide bonds. The van der Waals surface area contributed by atoms with Gasteiger partial charge in [-0.25, -0.2) is 4.98 Å². The molecule has 1 fully saturated rings. The van der Waals surface area contributed by atoms with Crippen molar-refractivity contribution >= 4 is 38.6 Å². The Bertz CT molecular complexity index is 558. The van der Waals surface area contributed by atoms with Crippen LogP contribution in [0.1, 0.15) is 44.0 Å². The lowest BCUT2D eigenvalue weighted by Crippen LogP contribution is -2.14. The average molecular weight is 328 g/mol. The van der Waals surface area contributed by atoms with Gasteiger partial charge in [0.2, 0.25) is 0 Å². The molecular weight excluding hydrogens is 312 g/mol. The van der Waals surface area contributed by atoms with E-state index in [1.165, 1.54) is 37.6 Å². The Morgan fingerprint density at radius 2 is 2.06 bits per heavy atom. The van der Waals surface area contributed by atoms with Crippen LogP contribution in [0.3, 0.4) is 0 Å². The third-order valence-corrected chi connectivity index (χ3v) is 4.52. The quantitative estimate of drug-likeness (QED) is 0.706. The predicted octanol–water partition coefficient (Wildman–Crippen LogP) is 5.04. The van der Waals surface area contributed by atoms with Gasteiger partial charge in [0, 0.05) is 10.5 Å². The molecule has 1 aliphatic carbocycles. The lowest BCUT2D eigenvalue weighted by molar-refractivity contribution is 0.354. The van der Waals surface area contributed by atoms with Crippen LogP contribution in [0.4, 0.5) is 0 Å². The molecular formula is C14H16BrClN2. The van der Waals surface area contributed by atoms with Gasteiger partial charge in [0.1, 0.15) is 5.82 Å². The highest BCUT2D eigenvalue weighted by atomic mass is 79.9. The molecule has 1 heterocycles. The third kappa shape index (κ3) is 2.19. The van der Waals surface area contributed by atoms with Crippen LogP contribution in [0.15, 0.2) is 22.7 Å². The molecule has 2 aromatic rings. The number of aromatic nitrogens is 2. The van der Waals surface area contributed by atoms with Crippen molar-refractivity contribution in [3.63, 3.8) is 0 Å². The van der Waals surface area contributed by atoms with Crippen LogP contribution in [0, 0.1) is 0 Å². The summed E-state index contributed by atoms with van der Waals surface area (Å²) in [6, 6.07) is 6.89. The molecule has 4 heteroatoms. The van der Waals surface area contributed by atoms with Gasteiger partial charge in [0.25, 0.3) is 0 Å². The molecule has 0 atom stereocenters. The number of fused-ring (bicyclic) bond motifs is 1. The Kier molecular flexibility index (Phi) is 3.62. The summed E-state index contributed by atoms with van der Waals surface area (Å²) in [6.45, 7) is 0. The molecule has 96 valence electrons. The third-order valence-electron chi connectivity index (χ3n) is 3.78. The largest absolute Gasteiger partial charge is 0.324 e. The van der Waals surface area contributed by atoms with Gasteiger partial charge in [-0.3, -0.25) is 0 Å². The second-order valence-corrected chi connectivity index (χ2v) is 6.14. The maximum absolute atomic E-state index is 6.07. The minimum atomic E-state index is 0.489. The zero-order valence-corrected chi connectivity index (χ0v) is 12.5. The zero-order valence-electron chi connectivity index (χ0n) is 10.2. The molecule has 0 spiro atoms. The highest BCUT2D eigenvalue weighted by Crippen LogP contribution is 2.33. The first-order chi connectivity index (χ1) is 8.79. The van der Waals surface area contributed by atoms with Crippen LogP contribution >= 0.6 is 27.5 Å². The smallest absolute Gasteiger partial charge is 0.125 e. The number of alkyl halides is 1. The van der Waals surface area contributed by atoms with E-state index in [1.54, 1.807) is 0 Å². The van der Waals surface area contributed by atoms with Gasteiger partial charge in [0.05, 0.1) is 16.9 Å². The van der Waals surface area contributed by atoms with Gasteiger partial charge in [-0.2, -0.15) is 0 Å². The van der Waals surface area contributed by atoms with E-state index >= 15 is 0 Å². The SMILES string of the molecule is ClCc1nc2cc(Br)ccc2n1C1CCCCC1. The lowest BCUT2D eigenvalue weighted by atomic mass is 9.95. The Labute approximate surface area is 120 Å². The maximum Gasteiger partial charge on any atom is 0.125 e. The summed E-state index contributed by atoms with van der Waals surface area (Å²) < 4.78 is 3.44. The number of halogens is 2. The van der Waals surface area contributed by atoms with E-state index in [1.807, 2.05) is 0 Å². The summed E-state index contributed by atoms with van der Waals surface area (Å²) in [4.78, 5) is 4.67. The van der Waals surface area contributed by atoms with Crippen LogP contribution in [0.5, 0.6) is 0 Å². The van der Waals surface area contributed by atoms with Crippen molar-refractivity contribution in [2.45, 2.75) is 44.0 Å². The fourth-order valence-corrected chi connectivity index (χ4v) is 3.50. The molecule has 3 rings (SSSR count). The second kappa shape index (κ2) is 5.22. The van der Waals surface area contributed by atoms with Crippen molar-refractivity contribution in [2.75, 3.05) is 0 Å². The number of nitrogens with zero attached hydrogens (tertiary/aromatic N) is 2. The Balaban J connectivity index is 2.12. The molecule has 0 radical (unpaired) electrons. The van der Waals surface area contributed by atoms with E-state index in [0.717, 1.165) is 15.8 Å². The van der Waals surface area contributed by atoms with Crippen molar-refractivity contribution in [1.29, 1.82) is 0 Å². The second-order valence-electron chi connectivity index (χ2n) is 4.96. The molecule has 0 saturated heterocycles. The molecule has 0 unspecified atom stereocenters. The first-order valence-corrected chi connectivity index (χ1v) is 7.84. The molecule has 1 saturated carbocycles. The van der Waals surface area contributed by atoms with Crippen LogP contribution in [0.25, 0.3) is 11.0 Å². The summed E-state index contributed by atoms with van der Waals surface area (Å²) in [7, 11) is 0. The highest BCUT2D eigenvalue weighted by molar-refractivity contribution is 9.10. The van der Waals surface area contributed by atoms with Crippen molar-refractivity contribution < 1.29 is 0 Å². The van der Waals surface area contributed by atoms with E-state index < -0.39 is 0 Å². The molecule has 0 N–H and O–H groups in total. The van der Waals surface area contributed by atoms with Gasteiger partial charge in [-0.1, -0.05) is 35.2 Å². The topological polar surface area (TPSA) is 17.8 Å². The molecule has 1 aromatic heterocycles. The summed E-state index contributed by atoms with van der Waals surface area (Å²) >= 11 is 9.57. The van der Waals surface area contributed by atoms with Crippen LogP contribution in [-0.2, 0) is 5.88 Å². The van der Waals surface area contributed by atoms with Crippen LogP contribution < -0.4 is 0 Å². The minimum Gasteiger partial charge on any atom is -0.324 e.